The van der Waals surface area contributed by atoms with E-state index in [0.29, 0.717) is 25.5 Å². The second-order valence-electron chi connectivity index (χ2n) is 4.16. The van der Waals surface area contributed by atoms with Gasteiger partial charge in [-0.05, 0) is 25.1 Å². The Morgan fingerprint density at radius 3 is 2.62 bits per heavy atom. The fraction of sp³-hybridized carbons (Fsp3) is 0.154. The van der Waals surface area contributed by atoms with E-state index in [1.165, 1.54) is 24.3 Å². The highest BCUT2D eigenvalue weighted by Crippen LogP contribution is 2.31. The molecule has 21 heavy (non-hydrogen) atoms. The molecular formula is C13H9Cl2NO4S. The largest absolute Gasteiger partial charge is 0.485 e. The number of hydrogen-bond donors (Lipinski definition) is 0. The maximum atomic E-state index is 11.9. The lowest BCUT2D eigenvalue weighted by Crippen LogP contribution is -2.11. The predicted molar refractivity (Wildman–Crippen MR) is 82.0 cm³/mol. The monoisotopic (exact) mass is 345 g/mol. The number of Topliss-reactive ketones (excluding diaryl/α,β-unsaturated/α-hetero) is 1. The van der Waals surface area contributed by atoms with Gasteiger partial charge in [-0.2, -0.15) is 0 Å². The minimum Gasteiger partial charge on any atom is -0.485 e. The molecule has 5 nitrogen and oxygen atoms in total. The summed E-state index contributed by atoms with van der Waals surface area (Å²) in [6.07, 6.45) is 0. The van der Waals surface area contributed by atoms with Crippen LogP contribution in [0.2, 0.25) is 8.67 Å². The third-order valence-corrected chi connectivity index (χ3v) is 4.18. The molecule has 8 heteroatoms. The summed E-state index contributed by atoms with van der Waals surface area (Å²) in [6.45, 7) is 1.38. The van der Waals surface area contributed by atoms with Gasteiger partial charge in [0.25, 0.3) is 5.69 Å². The normalized spacial score (nSPS) is 10.4. The van der Waals surface area contributed by atoms with Crippen LogP contribution in [0, 0.1) is 17.0 Å². The number of nitro benzene ring substituents is 1. The standard InChI is InChI=1S/C13H9Cl2NO4S/c1-7-4-8(2-3-10(7)16(18)19)20-6-11(17)9-5-12(14)21-13(9)15/h2-5H,6H2,1H3. The number of rotatable bonds is 5. The quantitative estimate of drug-likeness (QED) is 0.453. The van der Waals surface area contributed by atoms with Crippen LogP contribution in [0.15, 0.2) is 24.3 Å². The van der Waals surface area contributed by atoms with Crippen molar-refractivity contribution in [1.29, 1.82) is 0 Å². The third kappa shape index (κ3) is 3.72. The molecule has 1 heterocycles. The van der Waals surface area contributed by atoms with Gasteiger partial charge in [-0.3, -0.25) is 14.9 Å². The van der Waals surface area contributed by atoms with Crippen LogP contribution >= 0.6 is 34.5 Å². The Morgan fingerprint density at radius 1 is 1.38 bits per heavy atom. The van der Waals surface area contributed by atoms with E-state index in [1.54, 1.807) is 6.92 Å². The molecular weight excluding hydrogens is 337 g/mol. The highest BCUT2D eigenvalue weighted by Gasteiger charge is 2.16. The highest BCUT2D eigenvalue weighted by atomic mass is 35.5. The minimum absolute atomic E-state index is 0.00124. The smallest absolute Gasteiger partial charge is 0.272 e. The Kier molecular flexibility index (Phi) is 4.82. The number of halogens is 2. The fourth-order valence-electron chi connectivity index (χ4n) is 1.68. The molecule has 0 N–H and O–H groups in total. The molecule has 0 aliphatic heterocycles. The first-order valence-electron chi connectivity index (χ1n) is 5.74. The molecule has 0 spiro atoms. The molecule has 0 radical (unpaired) electrons. The summed E-state index contributed by atoms with van der Waals surface area (Å²) >= 11 is 12.8. The number of aryl methyl sites for hydroxylation is 1. The van der Waals surface area contributed by atoms with Crippen LogP contribution in [0.4, 0.5) is 5.69 Å². The van der Waals surface area contributed by atoms with Crippen molar-refractivity contribution in [1.82, 2.24) is 0 Å². The van der Waals surface area contributed by atoms with E-state index >= 15 is 0 Å². The lowest BCUT2D eigenvalue weighted by Gasteiger charge is -2.06. The molecule has 0 atom stereocenters. The topological polar surface area (TPSA) is 69.4 Å². The van der Waals surface area contributed by atoms with Crippen LogP contribution in [0.5, 0.6) is 5.75 Å². The molecule has 0 aliphatic carbocycles. The Labute approximate surface area is 134 Å². The average Bonchev–Trinajstić information content (AvgIpc) is 2.74. The second-order valence-corrected chi connectivity index (χ2v) is 6.44. The van der Waals surface area contributed by atoms with Gasteiger partial charge in [-0.1, -0.05) is 23.2 Å². The molecule has 1 aromatic carbocycles. The minimum atomic E-state index is -0.475. The number of carbonyl (C=O) groups excluding carboxylic acids is 1. The number of ketones is 1. The molecule has 110 valence electrons. The Hall–Kier alpha value is -1.63. The molecule has 0 fully saturated rings. The van der Waals surface area contributed by atoms with E-state index in [2.05, 4.69) is 0 Å². The highest BCUT2D eigenvalue weighted by molar-refractivity contribution is 7.20. The molecule has 2 aromatic rings. The summed E-state index contributed by atoms with van der Waals surface area (Å²) < 4.78 is 6.07. The number of thiophene rings is 1. The van der Waals surface area contributed by atoms with Gasteiger partial charge in [0.2, 0.25) is 5.78 Å². The summed E-state index contributed by atoms with van der Waals surface area (Å²) in [6, 6.07) is 5.78. The van der Waals surface area contributed by atoms with Crippen molar-refractivity contribution in [2.24, 2.45) is 0 Å². The van der Waals surface area contributed by atoms with Crippen molar-refractivity contribution in [3.63, 3.8) is 0 Å². The number of carbonyl (C=O) groups is 1. The van der Waals surface area contributed by atoms with E-state index in [1.807, 2.05) is 0 Å². The zero-order valence-corrected chi connectivity index (χ0v) is 13.1. The first kappa shape index (κ1) is 15.8. The van der Waals surface area contributed by atoms with Crippen LogP contribution in [0.25, 0.3) is 0 Å². The van der Waals surface area contributed by atoms with Crippen molar-refractivity contribution in [3.8, 4) is 5.75 Å². The van der Waals surface area contributed by atoms with Gasteiger partial charge >= 0.3 is 0 Å². The molecule has 0 bridgehead atoms. The van der Waals surface area contributed by atoms with Crippen LogP contribution in [-0.4, -0.2) is 17.3 Å². The van der Waals surface area contributed by atoms with Crippen LogP contribution in [0.3, 0.4) is 0 Å². The van der Waals surface area contributed by atoms with Crippen molar-refractivity contribution in [2.75, 3.05) is 6.61 Å². The summed E-state index contributed by atoms with van der Waals surface area (Å²) in [7, 11) is 0. The maximum absolute atomic E-state index is 11.9. The third-order valence-electron chi connectivity index (χ3n) is 2.69. The molecule has 1 aromatic heterocycles. The van der Waals surface area contributed by atoms with E-state index < -0.39 is 4.92 Å². The SMILES string of the molecule is Cc1cc(OCC(=O)c2cc(Cl)sc2Cl)ccc1[N+](=O)[O-]. The van der Waals surface area contributed by atoms with Gasteiger partial charge in [0, 0.05) is 11.6 Å². The van der Waals surface area contributed by atoms with E-state index in [9.17, 15) is 14.9 Å². The van der Waals surface area contributed by atoms with E-state index in [4.69, 9.17) is 27.9 Å². The van der Waals surface area contributed by atoms with Crippen molar-refractivity contribution in [3.05, 3.63) is 54.2 Å². The number of hydrogen-bond acceptors (Lipinski definition) is 5. The van der Waals surface area contributed by atoms with Crippen LogP contribution in [-0.2, 0) is 0 Å². The molecule has 0 saturated heterocycles. The summed E-state index contributed by atoms with van der Waals surface area (Å²) in [5.74, 6) is 0.0723. The van der Waals surface area contributed by atoms with Crippen molar-refractivity contribution in [2.45, 2.75) is 6.92 Å². The van der Waals surface area contributed by atoms with Gasteiger partial charge in [0.1, 0.15) is 10.1 Å². The van der Waals surface area contributed by atoms with Gasteiger partial charge in [-0.25, -0.2) is 0 Å². The maximum Gasteiger partial charge on any atom is 0.272 e. The van der Waals surface area contributed by atoms with Gasteiger partial charge in [0.15, 0.2) is 6.61 Å². The van der Waals surface area contributed by atoms with Gasteiger partial charge in [0.05, 0.1) is 14.8 Å². The van der Waals surface area contributed by atoms with Crippen molar-refractivity contribution < 1.29 is 14.5 Å². The van der Waals surface area contributed by atoms with Crippen molar-refractivity contribution >= 4 is 46.0 Å². The van der Waals surface area contributed by atoms with Crippen LogP contribution in [0.1, 0.15) is 15.9 Å². The van der Waals surface area contributed by atoms with Gasteiger partial charge < -0.3 is 4.74 Å². The summed E-state index contributed by atoms with van der Waals surface area (Å²) in [5.41, 5.74) is 0.771. The summed E-state index contributed by atoms with van der Waals surface area (Å²) in [5, 5.41) is 10.7. The average molecular weight is 346 g/mol. The number of benzene rings is 1. The van der Waals surface area contributed by atoms with E-state index in [0.717, 1.165) is 11.3 Å². The Morgan fingerprint density at radius 2 is 2.10 bits per heavy atom. The second kappa shape index (κ2) is 6.43. The predicted octanol–water partition coefficient (Wildman–Crippen LogP) is 4.53. The van der Waals surface area contributed by atoms with E-state index in [-0.39, 0.29) is 18.1 Å². The Balaban J connectivity index is 2.06. The molecule has 0 unspecified atom stereocenters. The molecule has 2 rings (SSSR count). The number of nitrogens with zero attached hydrogens (tertiary/aromatic N) is 1. The Bertz CT molecular complexity index is 714. The number of nitro groups is 1. The first-order chi connectivity index (χ1) is 9.88. The van der Waals surface area contributed by atoms with Gasteiger partial charge in [-0.15, -0.1) is 11.3 Å². The molecule has 0 aliphatic rings. The number of ether oxygens (including phenoxy) is 1. The zero-order valence-electron chi connectivity index (χ0n) is 10.8. The lowest BCUT2D eigenvalue weighted by molar-refractivity contribution is -0.385. The fourth-order valence-corrected chi connectivity index (χ4v) is 3.18. The zero-order chi connectivity index (χ0) is 15.6. The summed E-state index contributed by atoms with van der Waals surface area (Å²) in [4.78, 5) is 22.2. The van der Waals surface area contributed by atoms with Crippen LogP contribution < -0.4 is 4.74 Å². The lowest BCUT2D eigenvalue weighted by atomic mass is 10.2. The first-order valence-corrected chi connectivity index (χ1v) is 7.31. The molecule has 0 amide bonds. The molecule has 0 saturated carbocycles.